The van der Waals surface area contributed by atoms with E-state index in [0.717, 1.165) is 49.1 Å². The number of carbonyl (C=O) groups is 2. The van der Waals surface area contributed by atoms with Gasteiger partial charge in [0.15, 0.2) is 0 Å². The molecule has 3 aromatic rings. The number of aromatic carboxylic acids is 1. The van der Waals surface area contributed by atoms with Crippen LogP contribution in [0.4, 0.5) is 0 Å². The molecule has 1 aliphatic rings. The summed E-state index contributed by atoms with van der Waals surface area (Å²) in [7, 11) is 2.12. The first-order valence-corrected chi connectivity index (χ1v) is 11.8. The quantitative estimate of drug-likeness (QED) is 0.464. The van der Waals surface area contributed by atoms with Crippen molar-refractivity contribution in [2.75, 3.05) is 52.9 Å². The fourth-order valence-electron chi connectivity index (χ4n) is 4.09. The molecule has 0 aliphatic carbocycles. The van der Waals surface area contributed by atoms with Crippen molar-refractivity contribution in [3.63, 3.8) is 0 Å². The van der Waals surface area contributed by atoms with Gasteiger partial charge in [0.05, 0.1) is 11.1 Å². The van der Waals surface area contributed by atoms with E-state index in [0.29, 0.717) is 17.9 Å². The van der Waals surface area contributed by atoms with Crippen molar-refractivity contribution in [3.05, 3.63) is 83.4 Å². The lowest BCUT2D eigenvalue weighted by Crippen LogP contribution is -2.47. The van der Waals surface area contributed by atoms with Gasteiger partial charge in [-0.15, -0.1) is 0 Å². The summed E-state index contributed by atoms with van der Waals surface area (Å²) in [5, 5.41) is 14.2. The second-order valence-corrected chi connectivity index (χ2v) is 8.76. The summed E-state index contributed by atoms with van der Waals surface area (Å²) in [6.07, 6.45) is 1.75. The minimum absolute atomic E-state index is 0.0923. The maximum atomic E-state index is 13.1. The van der Waals surface area contributed by atoms with Crippen molar-refractivity contribution in [2.24, 2.45) is 0 Å². The smallest absolute Gasteiger partial charge is 0.335 e. The minimum Gasteiger partial charge on any atom is -0.488 e. The first-order chi connectivity index (χ1) is 17.0. The molecule has 1 heterocycles. The Bertz CT molecular complexity index is 1190. The molecule has 182 valence electrons. The highest BCUT2D eigenvalue weighted by molar-refractivity contribution is 5.98. The number of nitrogens with one attached hydrogen (secondary N) is 1. The van der Waals surface area contributed by atoms with E-state index in [1.165, 1.54) is 12.1 Å². The highest BCUT2D eigenvalue weighted by Crippen LogP contribution is 2.25. The number of amides is 1. The predicted molar refractivity (Wildman–Crippen MR) is 138 cm³/mol. The zero-order valence-electron chi connectivity index (χ0n) is 19.9. The third-order valence-corrected chi connectivity index (χ3v) is 6.23. The van der Waals surface area contributed by atoms with Crippen LogP contribution in [-0.2, 0) is 4.79 Å². The van der Waals surface area contributed by atoms with Crippen LogP contribution in [0.1, 0.15) is 15.9 Å². The standard InChI is InChI=1S/C28H31N3O4/c1-30-15-17-31(18-16-30)14-13-29-27(32)24(19-21-9-11-23(12-10-21)28(33)34)20-35-26-8-4-6-22-5-2-3-7-25(22)26/h2-12,19H,13-18,20H2,1H3,(H,29,32)(H,33,34). The first-order valence-electron chi connectivity index (χ1n) is 11.8. The number of hydrogen-bond donors (Lipinski definition) is 2. The second kappa shape index (κ2) is 11.6. The van der Waals surface area contributed by atoms with E-state index in [2.05, 4.69) is 22.2 Å². The van der Waals surface area contributed by atoms with Crippen molar-refractivity contribution in [1.29, 1.82) is 0 Å². The number of carboxylic acid groups (broad SMARTS) is 1. The lowest BCUT2D eigenvalue weighted by Gasteiger charge is -2.32. The van der Waals surface area contributed by atoms with Crippen LogP contribution in [0.15, 0.2) is 72.3 Å². The Morgan fingerprint density at radius 2 is 1.69 bits per heavy atom. The van der Waals surface area contributed by atoms with Crippen LogP contribution in [0.25, 0.3) is 16.8 Å². The Labute approximate surface area is 205 Å². The van der Waals surface area contributed by atoms with Gasteiger partial charge < -0.3 is 20.1 Å². The summed E-state index contributed by atoms with van der Waals surface area (Å²) in [5.74, 6) is -0.469. The number of nitrogens with zero attached hydrogens (tertiary/aromatic N) is 2. The first kappa shape index (κ1) is 24.4. The SMILES string of the molecule is CN1CCN(CCNC(=O)C(=Cc2ccc(C(=O)O)cc2)COc2cccc3ccccc23)CC1. The van der Waals surface area contributed by atoms with Crippen molar-refractivity contribution in [2.45, 2.75) is 0 Å². The predicted octanol–water partition coefficient (Wildman–Crippen LogP) is 3.36. The van der Waals surface area contributed by atoms with E-state index < -0.39 is 5.97 Å². The molecule has 7 heteroatoms. The Balaban J connectivity index is 1.47. The van der Waals surface area contributed by atoms with Crippen LogP contribution in [0, 0.1) is 0 Å². The fourth-order valence-corrected chi connectivity index (χ4v) is 4.09. The summed E-state index contributed by atoms with van der Waals surface area (Å²) >= 11 is 0. The molecule has 1 saturated heterocycles. The summed E-state index contributed by atoms with van der Waals surface area (Å²) < 4.78 is 6.11. The monoisotopic (exact) mass is 473 g/mol. The van der Waals surface area contributed by atoms with Crippen LogP contribution in [0.3, 0.4) is 0 Å². The van der Waals surface area contributed by atoms with Gasteiger partial charge in [0.1, 0.15) is 12.4 Å². The molecular weight excluding hydrogens is 442 g/mol. The maximum absolute atomic E-state index is 13.1. The zero-order chi connectivity index (χ0) is 24.6. The number of hydrogen-bond acceptors (Lipinski definition) is 5. The Kier molecular flexibility index (Phi) is 8.13. The van der Waals surface area contributed by atoms with E-state index in [9.17, 15) is 9.59 Å². The number of piperazine rings is 1. The second-order valence-electron chi connectivity index (χ2n) is 8.76. The van der Waals surface area contributed by atoms with Crippen LogP contribution < -0.4 is 10.1 Å². The number of ether oxygens (including phenoxy) is 1. The van der Waals surface area contributed by atoms with E-state index in [1.807, 2.05) is 42.5 Å². The van der Waals surface area contributed by atoms with Crippen molar-refractivity contribution >= 4 is 28.7 Å². The molecule has 1 fully saturated rings. The molecule has 3 aromatic carbocycles. The Morgan fingerprint density at radius 1 is 0.971 bits per heavy atom. The topological polar surface area (TPSA) is 82.1 Å². The molecule has 0 bridgehead atoms. The van der Waals surface area contributed by atoms with Gasteiger partial charge in [-0.05, 0) is 42.3 Å². The molecule has 0 unspecified atom stereocenters. The van der Waals surface area contributed by atoms with Gasteiger partial charge in [0, 0.05) is 44.7 Å². The minimum atomic E-state index is -0.985. The van der Waals surface area contributed by atoms with Gasteiger partial charge in [-0.1, -0.05) is 48.5 Å². The van der Waals surface area contributed by atoms with Gasteiger partial charge in [0.25, 0.3) is 5.91 Å². The van der Waals surface area contributed by atoms with E-state index in [-0.39, 0.29) is 18.1 Å². The summed E-state index contributed by atoms with van der Waals surface area (Å²) in [4.78, 5) is 28.9. The lowest BCUT2D eigenvalue weighted by molar-refractivity contribution is -0.117. The van der Waals surface area contributed by atoms with Gasteiger partial charge in [-0.2, -0.15) is 0 Å². The number of rotatable bonds is 9. The van der Waals surface area contributed by atoms with Crippen molar-refractivity contribution in [3.8, 4) is 5.75 Å². The average Bonchev–Trinajstić information content (AvgIpc) is 2.88. The molecule has 2 N–H and O–H groups in total. The van der Waals surface area contributed by atoms with Crippen LogP contribution in [0.2, 0.25) is 0 Å². The van der Waals surface area contributed by atoms with Crippen LogP contribution in [-0.4, -0.2) is 79.7 Å². The number of carbonyl (C=O) groups excluding carboxylic acids is 1. The van der Waals surface area contributed by atoms with Gasteiger partial charge in [-0.25, -0.2) is 4.79 Å². The highest BCUT2D eigenvalue weighted by Gasteiger charge is 2.15. The Morgan fingerprint density at radius 3 is 2.43 bits per heavy atom. The van der Waals surface area contributed by atoms with Crippen molar-refractivity contribution < 1.29 is 19.4 Å². The van der Waals surface area contributed by atoms with Crippen molar-refractivity contribution in [1.82, 2.24) is 15.1 Å². The summed E-state index contributed by atoms with van der Waals surface area (Å²) in [6.45, 7) is 5.49. The molecule has 1 amide bonds. The van der Waals surface area contributed by atoms with E-state index in [1.54, 1.807) is 18.2 Å². The number of fused-ring (bicyclic) bond motifs is 1. The number of likely N-dealkylation sites (N-methyl/N-ethyl adjacent to an activating group) is 1. The fraction of sp³-hybridized carbons (Fsp3) is 0.286. The van der Waals surface area contributed by atoms with Crippen LogP contribution in [0.5, 0.6) is 5.75 Å². The number of carboxylic acids is 1. The molecule has 4 rings (SSSR count). The average molecular weight is 474 g/mol. The molecule has 35 heavy (non-hydrogen) atoms. The largest absolute Gasteiger partial charge is 0.488 e. The normalized spacial score (nSPS) is 15.2. The number of benzene rings is 3. The van der Waals surface area contributed by atoms with Crippen LogP contribution >= 0.6 is 0 Å². The zero-order valence-corrected chi connectivity index (χ0v) is 19.9. The van der Waals surface area contributed by atoms with Gasteiger partial charge in [-0.3, -0.25) is 9.69 Å². The van der Waals surface area contributed by atoms with E-state index in [4.69, 9.17) is 9.84 Å². The molecule has 0 aromatic heterocycles. The van der Waals surface area contributed by atoms with E-state index >= 15 is 0 Å². The Hall–Kier alpha value is -3.68. The molecule has 7 nitrogen and oxygen atoms in total. The third kappa shape index (κ3) is 6.68. The molecule has 0 saturated carbocycles. The molecule has 0 atom stereocenters. The third-order valence-electron chi connectivity index (χ3n) is 6.23. The molecule has 1 aliphatic heterocycles. The summed E-state index contributed by atoms with van der Waals surface area (Å²) in [5.41, 5.74) is 1.41. The van der Waals surface area contributed by atoms with Gasteiger partial charge >= 0.3 is 5.97 Å². The molecule has 0 radical (unpaired) electrons. The summed E-state index contributed by atoms with van der Waals surface area (Å²) in [6, 6.07) is 20.3. The molecule has 0 spiro atoms. The lowest BCUT2D eigenvalue weighted by atomic mass is 10.1. The molecular formula is C28H31N3O4. The maximum Gasteiger partial charge on any atom is 0.335 e. The highest BCUT2D eigenvalue weighted by atomic mass is 16.5. The van der Waals surface area contributed by atoms with Gasteiger partial charge in [0.2, 0.25) is 0 Å².